The van der Waals surface area contributed by atoms with E-state index in [0.29, 0.717) is 5.88 Å². The molecule has 0 aliphatic carbocycles. The molecule has 2 aromatic heterocycles. The van der Waals surface area contributed by atoms with Crippen LogP contribution in [-0.4, -0.2) is 24.3 Å². The number of aromatic nitrogens is 5. The second-order valence-electron chi connectivity index (χ2n) is 4.41. The molecular weight excluding hydrogens is 262 g/mol. The van der Waals surface area contributed by atoms with Crippen molar-refractivity contribution in [2.24, 2.45) is 7.05 Å². The molecule has 1 aromatic carbocycles. The molecule has 5 nitrogen and oxygen atoms in total. The molecule has 0 radical (unpaired) electrons. The Morgan fingerprint density at radius 3 is 2.79 bits per heavy atom. The van der Waals surface area contributed by atoms with Crippen LogP contribution in [0.4, 0.5) is 0 Å². The number of halogens is 1. The van der Waals surface area contributed by atoms with E-state index < -0.39 is 0 Å². The van der Waals surface area contributed by atoms with Crippen LogP contribution in [0.15, 0.2) is 30.6 Å². The van der Waals surface area contributed by atoms with Gasteiger partial charge >= 0.3 is 0 Å². The van der Waals surface area contributed by atoms with Crippen LogP contribution in [0.3, 0.4) is 0 Å². The van der Waals surface area contributed by atoms with E-state index in [9.17, 15) is 0 Å². The number of fused-ring (bicyclic) bond motifs is 1. The fourth-order valence-corrected chi connectivity index (χ4v) is 2.43. The number of rotatable bonds is 4. The summed E-state index contributed by atoms with van der Waals surface area (Å²) in [7, 11) is 1.95. The number of nitrogens with zero attached hydrogens (tertiary/aromatic N) is 5. The molecular formula is C13H14ClN5. The van der Waals surface area contributed by atoms with Crippen LogP contribution in [0.1, 0.15) is 11.6 Å². The standard InChI is InChI=1S/C13H14ClN5/c1-18-9-15-17-12(18)6-7-19-11-5-3-2-4-10(11)16-13(19)8-14/h2-5,9H,6-8H2,1H3. The lowest BCUT2D eigenvalue weighted by atomic mass is 10.3. The highest BCUT2D eigenvalue weighted by molar-refractivity contribution is 6.16. The molecule has 0 aliphatic rings. The van der Waals surface area contributed by atoms with Crippen LogP contribution < -0.4 is 0 Å². The van der Waals surface area contributed by atoms with E-state index in [1.54, 1.807) is 6.33 Å². The topological polar surface area (TPSA) is 48.5 Å². The Morgan fingerprint density at radius 1 is 1.21 bits per heavy atom. The molecule has 3 aromatic rings. The summed E-state index contributed by atoms with van der Waals surface area (Å²) < 4.78 is 4.08. The molecule has 3 rings (SSSR count). The summed E-state index contributed by atoms with van der Waals surface area (Å²) in [5.74, 6) is 2.26. The zero-order valence-electron chi connectivity index (χ0n) is 10.6. The summed E-state index contributed by atoms with van der Waals surface area (Å²) in [5, 5.41) is 7.99. The molecule has 19 heavy (non-hydrogen) atoms. The lowest BCUT2D eigenvalue weighted by Crippen LogP contribution is -2.08. The molecule has 0 N–H and O–H groups in total. The lowest BCUT2D eigenvalue weighted by molar-refractivity contribution is 0.645. The van der Waals surface area contributed by atoms with Crippen LogP contribution in [0.2, 0.25) is 0 Å². The van der Waals surface area contributed by atoms with Gasteiger partial charge in [-0.1, -0.05) is 12.1 Å². The third-order valence-corrected chi connectivity index (χ3v) is 3.46. The van der Waals surface area contributed by atoms with Gasteiger partial charge in [0.15, 0.2) is 0 Å². The van der Waals surface area contributed by atoms with Gasteiger partial charge in [-0.25, -0.2) is 4.98 Å². The molecule has 0 bridgehead atoms. The molecule has 0 saturated carbocycles. The first-order valence-corrected chi connectivity index (χ1v) is 6.66. The Labute approximate surface area is 115 Å². The quantitative estimate of drug-likeness (QED) is 0.686. The molecule has 0 fully saturated rings. The molecule has 0 unspecified atom stereocenters. The third-order valence-electron chi connectivity index (χ3n) is 3.22. The SMILES string of the molecule is Cn1cnnc1CCn1c(CCl)nc2ccccc21. The van der Waals surface area contributed by atoms with Crippen molar-refractivity contribution in [1.82, 2.24) is 24.3 Å². The highest BCUT2D eigenvalue weighted by atomic mass is 35.5. The minimum Gasteiger partial charge on any atom is -0.327 e. The monoisotopic (exact) mass is 275 g/mol. The average Bonchev–Trinajstić information content (AvgIpc) is 2.99. The molecule has 6 heteroatoms. The molecule has 0 atom stereocenters. The number of para-hydroxylation sites is 2. The highest BCUT2D eigenvalue weighted by Gasteiger charge is 2.10. The minimum absolute atomic E-state index is 0.410. The third kappa shape index (κ3) is 2.21. The molecule has 0 spiro atoms. The van der Waals surface area contributed by atoms with Gasteiger partial charge in [-0.3, -0.25) is 0 Å². The first kappa shape index (κ1) is 12.2. The summed E-state index contributed by atoms with van der Waals surface area (Å²) in [5.41, 5.74) is 2.09. The van der Waals surface area contributed by atoms with Crippen molar-refractivity contribution in [3.05, 3.63) is 42.2 Å². The van der Waals surface area contributed by atoms with E-state index in [2.05, 4.69) is 25.8 Å². The minimum atomic E-state index is 0.410. The van der Waals surface area contributed by atoms with E-state index in [1.165, 1.54) is 0 Å². The van der Waals surface area contributed by atoms with Crippen LogP contribution in [0, 0.1) is 0 Å². The zero-order chi connectivity index (χ0) is 13.2. The van der Waals surface area contributed by atoms with Crippen molar-refractivity contribution in [2.45, 2.75) is 18.8 Å². The highest BCUT2D eigenvalue weighted by Crippen LogP contribution is 2.17. The van der Waals surface area contributed by atoms with Crippen LogP contribution in [0.5, 0.6) is 0 Å². The number of hydrogen-bond acceptors (Lipinski definition) is 3. The van der Waals surface area contributed by atoms with Crippen LogP contribution in [0.25, 0.3) is 11.0 Å². The number of benzene rings is 1. The van der Waals surface area contributed by atoms with E-state index in [1.807, 2.05) is 29.8 Å². The summed E-state index contributed by atoms with van der Waals surface area (Å²) in [6.07, 6.45) is 2.52. The van der Waals surface area contributed by atoms with Crippen molar-refractivity contribution in [2.75, 3.05) is 0 Å². The Balaban J connectivity index is 1.93. The van der Waals surface area contributed by atoms with Gasteiger partial charge in [-0.05, 0) is 12.1 Å². The molecule has 0 saturated heterocycles. The predicted octanol–water partition coefficient (Wildman–Crippen LogP) is 2.15. The fraction of sp³-hybridized carbons (Fsp3) is 0.308. The van der Waals surface area contributed by atoms with E-state index in [0.717, 1.165) is 35.6 Å². The molecule has 0 amide bonds. The van der Waals surface area contributed by atoms with Gasteiger partial charge < -0.3 is 9.13 Å². The van der Waals surface area contributed by atoms with Crippen molar-refractivity contribution in [3.63, 3.8) is 0 Å². The normalized spacial score (nSPS) is 11.3. The van der Waals surface area contributed by atoms with Crippen molar-refractivity contribution < 1.29 is 0 Å². The van der Waals surface area contributed by atoms with Gasteiger partial charge in [0.25, 0.3) is 0 Å². The maximum atomic E-state index is 5.98. The van der Waals surface area contributed by atoms with Gasteiger partial charge in [0.1, 0.15) is 18.0 Å². The first-order chi connectivity index (χ1) is 9.29. The Bertz CT molecular complexity index is 700. The van der Waals surface area contributed by atoms with Crippen LogP contribution >= 0.6 is 11.6 Å². The zero-order valence-corrected chi connectivity index (χ0v) is 11.4. The number of hydrogen-bond donors (Lipinski definition) is 0. The summed E-state index contributed by atoms with van der Waals surface area (Å²) >= 11 is 5.98. The summed E-state index contributed by atoms with van der Waals surface area (Å²) in [4.78, 5) is 4.54. The summed E-state index contributed by atoms with van der Waals surface area (Å²) in [6.45, 7) is 0.801. The van der Waals surface area contributed by atoms with E-state index >= 15 is 0 Å². The Kier molecular flexibility index (Phi) is 3.21. The lowest BCUT2D eigenvalue weighted by Gasteiger charge is -2.07. The fourth-order valence-electron chi connectivity index (χ4n) is 2.22. The number of alkyl halides is 1. The van der Waals surface area contributed by atoms with Gasteiger partial charge in [0, 0.05) is 20.0 Å². The van der Waals surface area contributed by atoms with E-state index in [-0.39, 0.29) is 0 Å². The van der Waals surface area contributed by atoms with Crippen molar-refractivity contribution >= 4 is 22.6 Å². The second-order valence-corrected chi connectivity index (χ2v) is 4.68. The largest absolute Gasteiger partial charge is 0.327 e. The Morgan fingerprint density at radius 2 is 2.05 bits per heavy atom. The molecule has 98 valence electrons. The first-order valence-electron chi connectivity index (χ1n) is 6.12. The smallest absolute Gasteiger partial charge is 0.134 e. The van der Waals surface area contributed by atoms with Crippen LogP contribution in [-0.2, 0) is 25.9 Å². The maximum absolute atomic E-state index is 5.98. The Hall–Kier alpha value is -1.88. The van der Waals surface area contributed by atoms with Crippen molar-refractivity contribution in [1.29, 1.82) is 0 Å². The average molecular weight is 276 g/mol. The van der Waals surface area contributed by atoms with E-state index in [4.69, 9.17) is 11.6 Å². The molecule has 0 aliphatic heterocycles. The van der Waals surface area contributed by atoms with Gasteiger partial charge in [-0.15, -0.1) is 21.8 Å². The molecule has 2 heterocycles. The number of imidazole rings is 1. The van der Waals surface area contributed by atoms with Gasteiger partial charge in [-0.2, -0.15) is 0 Å². The van der Waals surface area contributed by atoms with Crippen molar-refractivity contribution in [3.8, 4) is 0 Å². The maximum Gasteiger partial charge on any atom is 0.134 e. The predicted molar refractivity (Wildman–Crippen MR) is 74.0 cm³/mol. The summed E-state index contributed by atoms with van der Waals surface area (Å²) in [6, 6.07) is 8.07. The van der Waals surface area contributed by atoms with Gasteiger partial charge in [0.2, 0.25) is 0 Å². The number of aryl methyl sites for hydroxylation is 3. The second kappa shape index (κ2) is 5.01. The van der Waals surface area contributed by atoms with Gasteiger partial charge in [0.05, 0.1) is 16.9 Å².